The van der Waals surface area contributed by atoms with E-state index < -0.39 is 0 Å². The average Bonchev–Trinajstić information content (AvgIpc) is 3.94. The molecule has 0 spiro atoms. The number of nitrogens with zero attached hydrogens (tertiary/aromatic N) is 3. The van der Waals surface area contributed by atoms with Gasteiger partial charge < -0.3 is 14.0 Å². The lowest BCUT2D eigenvalue weighted by Gasteiger charge is -2.30. The Morgan fingerprint density at radius 3 is 1.35 bits per heavy atom. The third-order valence-electron chi connectivity index (χ3n) is 13.7. The Balaban J connectivity index is 1.06. The molecule has 0 N–H and O–H groups in total. The van der Waals surface area contributed by atoms with E-state index >= 15 is 0 Å². The molecule has 13 aromatic rings. The van der Waals surface area contributed by atoms with E-state index in [1.165, 1.54) is 60.3 Å². The van der Waals surface area contributed by atoms with Crippen molar-refractivity contribution in [3.63, 3.8) is 0 Å². The predicted molar refractivity (Wildman–Crippen MR) is 292 cm³/mol. The van der Waals surface area contributed by atoms with Gasteiger partial charge in [-0.15, -0.1) is 0 Å². The number of hydrogen-bond donors (Lipinski definition) is 0. The van der Waals surface area contributed by atoms with Gasteiger partial charge in [-0.25, -0.2) is 0 Å². The minimum absolute atomic E-state index is 1.05. The number of anilines is 3. The second kappa shape index (κ2) is 16.9. The summed E-state index contributed by atoms with van der Waals surface area (Å²) in [5, 5.41) is 4.94. The van der Waals surface area contributed by atoms with Crippen molar-refractivity contribution < 1.29 is 0 Å². The molecule has 3 nitrogen and oxygen atoms in total. The van der Waals surface area contributed by atoms with E-state index in [0.29, 0.717) is 0 Å². The van der Waals surface area contributed by atoms with Crippen LogP contribution >= 0.6 is 0 Å². The van der Waals surface area contributed by atoms with Crippen molar-refractivity contribution in [1.82, 2.24) is 9.13 Å². The zero-order valence-electron chi connectivity index (χ0n) is 37.8. The summed E-state index contributed by atoms with van der Waals surface area (Å²) in [7, 11) is 0. The van der Waals surface area contributed by atoms with Gasteiger partial charge in [-0.1, -0.05) is 206 Å². The van der Waals surface area contributed by atoms with Gasteiger partial charge in [0, 0.05) is 49.7 Å². The van der Waals surface area contributed by atoms with Gasteiger partial charge in [0.15, 0.2) is 0 Å². The second-order valence-electron chi connectivity index (χ2n) is 17.6. The van der Waals surface area contributed by atoms with Crippen LogP contribution in [0.5, 0.6) is 0 Å². The number of fused-ring (bicyclic) bond motifs is 6. The summed E-state index contributed by atoms with van der Waals surface area (Å²) in [6, 6.07) is 99.3. The fraction of sp³-hybridized carbons (Fsp3) is 0. The highest BCUT2D eigenvalue weighted by Crippen LogP contribution is 2.49. The van der Waals surface area contributed by atoms with Gasteiger partial charge in [0.05, 0.1) is 33.4 Å². The van der Waals surface area contributed by atoms with Crippen molar-refractivity contribution in [3.05, 3.63) is 273 Å². The molecule has 324 valence electrons. The molecule has 13 rings (SSSR count). The molecule has 0 radical (unpaired) electrons. The molecule has 0 saturated carbocycles. The van der Waals surface area contributed by atoms with Crippen LogP contribution in [0.1, 0.15) is 0 Å². The predicted octanol–water partition coefficient (Wildman–Crippen LogP) is 18.0. The molecule has 0 unspecified atom stereocenters. The van der Waals surface area contributed by atoms with Crippen molar-refractivity contribution in [1.29, 1.82) is 0 Å². The van der Waals surface area contributed by atoms with Crippen LogP contribution in [0.2, 0.25) is 0 Å². The van der Waals surface area contributed by atoms with Crippen LogP contribution in [0.25, 0.3) is 99.5 Å². The van der Waals surface area contributed by atoms with Gasteiger partial charge in [0.1, 0.15) is 0 Å². The second-order valence-corrected chi connectivity index (χ2v) is 17.6. The highest BCUT2D eigenvalue weighted by Gasteiger charge is 2.25. The first-order valence-corrected chi connectivity index (χ1v) is 23.7. The van der Waals surface area contributed by atoms with Crippen LogP contribution in [0.4, 0.5) is 17.1 Å². The number of aromatic nitrogens is 2. The van der Waals surface area contributed by atoms with Crippen LogP contribution in [0.15, 0.2) is 273 Å². The van der Waals surface area contributed by atoms with Crippen molar-refractivity contribution >= 4 is 60.7 Å². The van der Waals surface area contributed by atoms with Crippen LogP contribution in [0.3, 0.4) is 0 Å². The Bertz CT molecular complexity index is 3940. The molecule has 3 heteroatoms. The van der Waals surface area contributed by atoms with Crippen molar-refractivity contribution in [2.75, 3.05) is 4.90 Å². The molecule has 11 aromatic carbocycles. The van der Waals surface area contributed by atoms with Gasteiger partial charge in [-0.05, 0) is 100 Å². The quantitative estimate of drug-likeness (QED) is 0.141. The Kier molecular flexibility index (Phi) is 9.84. The van der Waals surface area contributed by atoms with E-state index in [4.69, 9.17) is 0 Å². The SMILES string of the molecule is c1ccc(-c2ccccc2-c2c(-c3ccccc3)cccc2N(c2ccc(-c3ccccc3-n3c4ccccc4c4ccccc43)cc2)c2ccc3c4ccccc4n(-c4ccccc4)c3c2)cc1. The average molecular weight is 880 g/mol. The topological polar surface area (TPSA) is 13.1 Å². The fourth-order valence-electron chi connectivity index (χ4n) is 10.7. The Morgan fingerprint density at radius 1 is 0.261 bits per heavy atom. The van der Waals surface area contributed by atoms with Crippen LogP contribution < -0.4 is 4.90 Å². The molecular weight excluding hydrogens is 835 g/mol. The molecule has 0 bridgehead atoms. The van der Waals surface area contributed by atoms with E-state index in [1.807, 2.05) is 0 Å². The summed E-state index contributed by atoms with van der Waals surface area (Å²) in [5.74, 6) is 0. The van der Waals surface area contributed by atoms with Gasteiger partial charge in [-0.3, -0.25) is 0 Å². The summed E-state index contributed by atoms with van der Waals surface area (Å²) < 4.78 is 4.83. The normalized spacial score (nSPS) is 11.5. The van der Waals surface area contributed by atoms with Gasteiger partial charge >= 0.3 is 0 Å². The molecule has 2 heterocycles. The summed E-state index contributed by atoms with van der Waals surface area (Å²) in [6.45, 7) is 0. The fourth-order valence-corrected chi connectivity index (χ4v) is 10.7. The van der Waals surface area contributed by atoms with Crippen LogP contribution in [-0.2, 0) is 0 Å². The number of para-hydroxylation sites is 5. The van der Waals surface area contributed by atoms with Crippen molar-refractivity contribution in [3.8, 4) is 55.9 Å². The minimum atomic E-state index is 1.05. The lowest BCUT2D eigenvalue weighted by atomic mass is 9.87. The molecule has 0 aliphatic heterocycles. The zero-order valence-corrected chi connectivity index (χ0v) is 37.8. The van der Waals surface area contributed by atoms with Crippen LogP contribution in [0, 0.1) is 0 Å². The summed E-state index contributed by atoms with van der Waals surface area (Å²) in [5.41, 5.74) is 19.5. The molecule has 0 fully saturated rings. The standard InChI is InChI=1S/C66H45N3/c1-4-21-46(22-5-1)52-27-10-11-32-59(52)66-54(47-23-6-2-7-24-47)33-20-38-64(66)67(51-43-44-58-57-31-13-17-35-61(57)68(65(58)45-51)49-25-8-3-9-26-49)50-41-39-48(40-42-50)53-28-12-16-34-60(53)69-62-36-18-14-29-55(62)56-30-15-19-37-63(56)69/h1-45H. The number of rotatable bonds is 9. The molecule has 2 aromatic heterocycles. The number of hydrogen-bond acceptors (Lipinski definition) is 1. The maximum Gasteiger partial charge on any atom is 0.0561 e. The first-order valence-electron chi connectivity index (χ1n) is 23.7. The minimum Gasteiger partial charge on any atom is -0.310 e. The summed E-state index contributed by atoms with van der Waals surface area (Å²) >= 11 is 0. The smallest absolute Gasteiger partial charge is 0.0561 e. The molecule has 0 amide bonds. The van der Waals surface area contributed by atoms with Gasteiger partial charge in [0.25, 0.3) is 0 Å². The Hall–Kier alpha value is -9.18. The van der Waals surface area contributed by atoms with Crippen molar-refractivity contribution in [2.45, 2.75) is 0 Å². The molecule has 0 atom stereocenters. The molecule has 0 aliphatic carbocycles. The van der Waals surface area contributed by atoms with Gasteiger partial charge in [0.2, 0.25) is 0 Å². The molecule has 0 aliphatic rings. The van der Waals surface area contributed by atoms with E-state index in [2.05, 4.69) is 287 Å². The van der Waals surface area contributed by atoms with E-state index in [-0.39, 0.29) is 0 Å². The molecular formula is C66H45N3. The summed E-state index contributed by atoms with van der Waals surface area (Å²) in [4.78, 5) is 2.47. The maximum atomic E-state index is 2.47. The van der Waals surface area contributed by atoms with Gasteiger partial charge in [-0.2, -0.15) is 0 Å². The largest absolute Gasteiger partial charge is 0.310 e. The Labute approximate surface area is 401 Å². The highest BCUT2D eigenvalue weighted by atomic mass is 15.1. The summed E-state index contributed by atoms with van der Waals surface area (Å²) in [6.07, 6.45) is 0. The molecule has 0 saturated heterocycles. The number of benzene rings is 11. The van der Waals surface area contributed by atoms with E-state index in [9.17, 15) is 0 Å². The van der Waals surface area contributed by atoms with E-state index in [0.717, 1.165) is 56.2 Å². The molecule has 69 heavy (non-hydrogen) atoms. The van der Waals surface area contributed by atoms with E-state index in [1.54, 1.807) is 0 Å². The lowest BCUT2D eigenvalue weighted by molar-refractivity contribution is 1.18. The van der Waals surface area contributed by atoms with Crippen LogP contribution in [-0.4, -0.2) is 9.13 Å². The van der Waals surface area contributed by atoms with Crippen molar-refractivity contribution in [2.24, 2.45) is 0 Å². The zero-order chi connectivity index (χ0) is 45.7. The third kappa shape index (κ3) is 6.82. The monoisotopic (exact) mass is 879 g/mol. The Morgan fingerprint density at radius 2 is 0.710 bits per heavy atom. The first-order chi connectivity index (χ1) is 34.3. The first kappa shape index (κ1) is 40.1. The lowest BCUT2D eigenvalue weighted by Crippen LogP contribution is -2.12. The highest BCUT2D eigenvalue weighted by molar-refractivity contribution is 6.12. The maximum absolute atomic E-state index is 2.47. The third-order valence-corrected chi connectivity index (χ3v) is 13.7.